The Kier molecular flexibility index (Phi) is 1.81. The summed E-state index contributed by atoms with van der Waals surface area (Å²) in [6, 6.07) is 14.5. The van der Waals surface area contributed by atoms with Gasteiger partial charge in [0.2, 0.25) is 0 Å². The van der Waals surface area contributed by atoms with Gasteiger partial charge in [-0.3, -0.25) is 0 Å². The van der Waals surface area contributed by atoms with Crippen LogP contribution in [0.15, 0.2) is 42.5 Å². The smallest absolute Gasteiger partial charge is 0.119 e. The van der Waals surface area contributed by atoms with Crippen molar-refractivity contribution in [2.24, 2.45) is 0 Å². The van der Waals surface area contributed by atoms with Crippen molar-refractivity contribution < 1.29 is 4.74 Å². The number of aromatic nitrogens is 2. The van der Waals surface area contributed by atoms with Gasteiger partial charge in [-0.2, -0.15) is 5.10 Å². The Morgan fingerprint density at radius 1 is 1.17 bits per heavy atom. The lowest BCUT2D eigenvalue weighted by molar-refractivity contribution is 0.415. The Morgan fingerprint density at radius 2 is 2.06 bits per heavy atom. The van der Waals surface area contributed by atoms with Crippen molar-refractivity contribution in [1.82, 2.24) is 9.78 Å². The van der Waals surface area contributed by atoms with E-state index in [-0.39, 0.29) is 0 Å². The molecule has 0 saturated heterocycles. The average molecular weight is 236 g/mol. The highest BCUT2D eigenvalue weighted by molar-refractivity contribution is 5.85. The predicted octanol–water partition coefficient (Wildman–Crippen LogP) is 2.94. The fraction of sp³-hybridized carbons (Fsp3) is 0.133. The molecule has 1 aliphatic rings. The molecule has 0 saturated carbocycles. The van der Waals surface area contributed by atoms with Crippen LogP contribution in [0.1, 0.15) is 11.3 Å². The van der Waals surface area contributed by atoms with Crippen LogP contribution in [-0.2, 0) is 6.42 Å². The second-order valence-electron chi connectivity index (χ2n) is 4.55. The van der Waals surface area contributed by atoms with Crippen molar-refractivity contribution in [3.63, 3.8) is 0 Å². The van der Waals surface area contributed by atoms with Gasteiger partial charge in [0.25, 0.3) is 0 Å². The minimum Gasteiger partial charge on any atom is -0.497 e. The summed E-state index contributed by atoms with van der Waals surface area (Å²) >= 11 is 0. The van der Waals surface area contributed by atoms with Gasteiger partial charge in [0, 0.05) is 11.8 Å². The highest BCUT2D eigenvalue weighted by atomic mass is 16.5. The molecule has 1 aliphatic heterocycles. The van der Waals surface area contributed by atoms with E-state index >= 15 is 0 Å². The maximum atomic E-state index is 5.29. The van der Waals surface area contributed by atoms with Crippen molar-refractivity contribution in [2.45, 2.75) is 6.42 Å². The lowest BCUT2D eigenvalue weighted by atomic mass is 10.1. The molecule has 0 unspecified atom stereocenters. The first-order chi connectivity index (χ1) is 8.86. The lowest BCUT2D eigenvalue weighted by Crippen LogP contribution is -1.93. The standard InChI is InChI=1S/C15H12N2O/c1-18-11-6-7-13-12(9-11)15-8-10-4-2-3-5-14(10)17(15)16-13/h2-7,9H,8H2,1H3. The summed E-state index contributed by atoms with van der Waals surface area (Å²) in [4.78, 5) is 0. The van der Waals surface area contributed by atoms with Gasteiger partial charge < -0.3 is 4.74 Å². The number of ether oxygens (including phenoxy) is 1. The number of fused-ring (bicyclic) bond motifs is 5. The van der Waals surface area contributed by atoms with Crippen LogP contribution in [0.4, 0.5) is 0 Å². The summed E-state index contributed by atoms with van der Waals surface area (Å²) in [6.45, 7) is 0. The molecule has 88 valence electrons. The number of benzene rings is 2. The van der Waals surface area contributed by atoms with Crippen LogP contribution < -0.4 is 4.74 Å². The van der Waals surface area contributed by atoms with Crippen LogP contribution in [-0.4, -0.2) is 16.9 Å². The Balaban J connectivity index is 2.02. The van der Waals surface area contributed by atoms with Gasteiger partial charge in [-0.05, 0) is 29.8 Å². The van der Waals surface area contributed by atoms with Crippen LogP contribution in [0, 0.1) is 0 Å². The number of hydrogen-bond acceptors (Lipinski definition) is 2. The first kappa shape index (κ1) is 9.71. The Morgan fingerprint density at radius 3 is 2.94 bits per heavy atom. The molecule has 1 aromatic heterocycles. The van der Waals surface area contributed by atoms with Gasteiger partial charge >= 0.3 is 0 Å². The van der Waals surface area contributed by atoms with E-state index in [2.05, 4.69) is 40.1 Å². The Labute approximate surface area is 105 Å². The number of rotatable bonds is 1. The third-order valence-electron chi connectivity index (χ3n) is 3.56. The first-order valence-corrected chi connectivity index (χ1v) is 6.01. The van der Waals surface area contributed by atoms with Crippen molar-refractivity contribution in [1.29, 1.82) is 0 Å². The van der Waals surface area contributed by atoms with Crippen LogP contribution >= 0.6 is 0 Å². The molecule has 0 fully saturated rings. The van der Waals surface area contributed by atoms with Crippen molar-refractivity contribution in [3.05, 3.63) is 53.7 Å². The number of hydrogen-bond donors (Lipinski definition) is 0. The molecule has 0 N–H and O–H groups in total. The highest BCUT2D eigenvalue weighted by Crippen LogP contribution is 2.33. The molecular weight excluding hydrogens is 224 g/mol. The number of methoxy groups -OCH3 is 1. The molecule has 0 radical (unpaired) electrons. The zero-order chi connectivity index (χ0) is 12.1. The molecule has 3 aromatic rings. The second-order valence-corrected chi connectivity index (χ2v) is 4.55. The van der Waals surface area contributed by atoms with Crippen LogP contribution in [0.25, 0.3) is 16.6 Å². The largest absolute Gasteiger partial charge is 0.497 e. The zero-order valence-corrected chi connectivity index (χ0v) is 10.1. The topological polar surface area (TPSA) is 27.1 Å². The molecule has 0 amide bonds. The summed E-state index contributed by atoms with van der Waals surface area (Å²) in [5, 5.41) is 5.86. The van der Waals surface area contributed by atoms with Gasteiger partial charge in [-0.25, -0.2) is 4.68 Å². The summed E-state index contributed by atoms with van der Waals surface area (Å²) < 4.78 is 7.35. The van der Waals surface area contributed by atoms with E-state index in [1.54, 1.807) is 7.11 Å². The van der Waals surface area contributed by atoms with E-state index in [4.69, 9.17) is 4.74 Å². The van der Waals surface area contributed by atoms with Crippen molar-refractivity contribution >= 4 is 10.9 Å². The Hall–Kier alpha value is -2.29. The highest BCUT2D eigenvalue weighted by Gasteiger charge is 2.22. The molecule has 2 aromatic carbocycles. The van der Waals surface area contributed by atoms with Gasteiger partial charge in [-0.15, -0.1) is 0 Å². The number of para-hydroxylation sites is 1. The van der Waals surface area contributed by atoms with Gasteiger partial charge in [0.05, 0.1) is 24.0 Å². The average Bonchev–Trinajstić information content (AvgIpc) is 2.94. The minimum atomic E-state index is 0.884. The van der Waals surface area contributed by atoms with Crippen molar-refractivity contribution in [3.8, 4) is 11.4 Å². The van der Waals surface area contributed by atoms with Crippen LogP contribution in [0.3, 0.4) is 0 Å². The molecular formula is C15H12N2O. The Bertz CT molecular complexity index is 758. The maximum absolute atomic E-state index is 5.29. The summed E-state index contributed by atoms with van der Waals surface area (Å²) in [5.74, 6) is 0.884. The summed E-state index contributed by atoms with van der Waals surface area (Å²) in [7, 11) is 1.69. The monoisotopic (exact) mass is 236 g/mol. The van der Waals surface area contributed by atoms with E-state index in [9.17, 15) is 0 Å². The lowest BCUT2D eigenvalue weighted by Gasteiger charge is -1.99. The molecule has 3 nitrogen and oxygen atoms in total. The minimum absolute atomic E-state index is 0.884. The van der Waals surface area contributed by atoms with Gasteiger partial charge in [-0.1, -0.05) is 18.2 Å². The SMILES string of the molecule is COc1ccc2nn3c(c2c1)Cc1ccccc1-3. The fourth-order valence-electron chi connectivity index (χ4n) is 2.66. The molecule has 18 heavy (non-hydrogen) atoms. The van der Waals surface area contributed by atoms with E-state index in [1.807, 2.05) is 12.1 Å². The van der Waals surface area contributed by atoms with Crippen molar-refractivity contribution in [2.75, 3.05) is 7.11 Å². The third kappa shape index (κ3) is 1.16. The van der Waals surface area contributed by atoms with Crippen LogP contribution in [0.2, 0.25) is 0 Å². The maximum Gasteiger partial charge on any atom is 0.119 e. The van der Waals surface area contributed by atoms with Gasteiger partial charge in [0.1, 0.15) is 5.75 Å². The summed E-state index contributed by atoms with van der Waals surface area (Å²) in [6.07, 6.45) is 0.944. The fourth-order valence-corrected chi connectivity index (χ4v) is 2.66. The molecule has 0 aliphatic carbocycles. The van der Waals surface area contributed by atoms with E-state index in [0.29, 0.717) is 0 Å². The molecule has 0 bridgehead atoms. The quantitative estimate of drug-likeness (QED) is 0.508. The molecule has 0 spiro atoms. The molecule has 2 heterocycles. The zero-order valence-electron chi connectivity index (χ0n) is 10.1. The van der Waals surface area contributed by atoms with E-state index < -0.39 is 0 Å². The van der Waals surface area contributed by atoms with E-state index in [1.165, 1.54) is 22.3 Å². The summed E-state index contributed by atoms with van der Waals surface area (Å²) in [5.41, 5.74) is 4.82. The molecule has 4 rings (SSSR count). The second kappa shape index (κ2) is 3.35. The normalized spacial score (nSPS) is 12.5. The third-order valence-corrected chi connectivity index (χ3v) is 3.56. The van der Waals surface area contributed by atoms with E-state index in [0.717, 1.165) is 17.7 Å². The predicted molar refractivity (Wildman–Crippen MR) is 70.4 cm³/mol. The van der Waals surface area contributed by atoms with Crippen LogP contribution in [0.5, 0.6) is 5.75 Å². The molecule has 0 atom stereocenters. The van der Waals surface area contributed by atoms with Gasteiger partial charge in [0.15, 0.2) is 0 Å². The first-order valence-electron chi connectivity index (χ1n) is 6.01. The molecule has 3 heteroatoms. The number of nitrogens with zero attached hydrogens (tertiary/aromatic N) is 2.